The highest BCUT2D eigenvalue weighted by Gasteiger charge is 2.61. The van der Waals surface area contributed by atoms with Crippen LogP contribution in [0.15, 0.2) is 79.0 Å². The number of pyridine rings is 1. The summed E-state index contributed by atoms with van der Waals surface area (Å²) in [5.74, 6) is -1.15. The van der Waals surface area contributed by atoms with Crippen LogP contribution in [0.25, 0.3) is 10.9 Å². The van der Waals surface area contributed by atoms with Gasteiger partial charge in [0, 0.05) is 23.4 Å². The van der Waals surface area contributed by atoms with Gasteiger partial charge in [-0.15, -0.1) is 0 Å². The van der Waals surface area contributed by atoms with Crippen LogP contribution in [0.3, 0.4) is 0 Å². The first-order valence-electron chi connectivity index (χ1n) is 11.1. The van der Waals surface area contributed by atoms with E-state index in [1.54, 1.807) is 6.20 Å². The number of carbonyl (C=O) groups is 2. The van der Waals surface area contributed by atoms with Crippen LogP contribution >= 0.6 is 0 Å². The van der Waals surface area contributed by atoms with Crippen molar-refractivity contribution < 1.29 is 9.59 Å². The highest BCUT2D eigenvalue weighted by Crippen LogP contribution is 2.61. The van der Waals surface area contributed by atoms with Gasteiger partial charge in [-0.05, 0) is 46.9 Å². The number of nitrogens with zero attached hydrogens (tertiary/aromatic N) is 2. The molecule has 2 amide bonds. The highest BCUT2D eigenvalue weighted by molar-refractivity contribution is 6.25. The molecule has 2 atom stereocenters. The molecule has 2 bridgehead atoms. The zero-order chi connectivity index (χ0) is 21.6. The van der Waals surface area contributed by atoms with Crippen LogP contribution in [0.1, 0.15) is 39.7 Å². The van der Waals surface area contributed by atoms with Crippen molar-refractivity contribution in [3.63, 3.8) is 0 Å². The number of rotatable bonds is 1. The average molecular weight is 416 g/mol. The quantitative estimate of drug-likeness (QED) is 0.413. The lowest BCUT2D eigenvalue weighted by atomic mass is 9.55. The van der Waals surface area contributed by atoms with Gasteiger partial charge in [0.15, 0.2) is 0 Å². The minimum atomic E-state index is -0.377. The first kappa shape index (κ1) is 17.8. The Morgan fingerprint density at radius 1 is 0.688 bits per heavy atom. The van der Waals surface area contributed by atoms with Crippen LogP contribution in [0.4, 0.5) is 5.69 Å². The maximum absolute atomic E-state index is 14.0. The van der Waals surface area contributed by atoms with Crippen LogP contribution in [0, 0.1) is 18.8 Å². The minimum absolute atomic E-state index is 0.0940. The molecule has 2 heterocycles. The molecule has 0 radical (unpaired) electrons. The second-order valence-electron chi connectivity index (χ2n) is 9.08. The molecule has 4 aliphatic rings. The normalized spacial score (nSPS) is 25.1. The molecule has 1 fully saturated rings. The van der Waals surface area contributed by atoms with Gasteiger partial charge in [0.25, 0.3) is 0 Å². The van der Waals surface area contributed by atoms with E-state index in [1.807, 2.05) is 55.5 Å². The number of carbonyl (C=O) groups excluding carboxylic acids is 2. The van der Waals surface area contributed by atoms with Gasteiger partial charge in [0.1, 0.15) is 0 Å². The van der Waals surface area contributed by atoms with E-state index in [4.69, 9.17) is 0 Å². The van der Waals surface area contributed by atoms with E-state index < -0.39 is 0 Å². The lowest BCUT2D eigenvalue weighted by Gasteiger charge is -2.45. The Labute approximate surface area is 185 Å². The second-order valence-corrected chi connectivity index (χ2v) is 9.08. The van der Waals surface area contributed by atoms with Crippen molar-refractivity contribution >= 4 is 28.4 Å². The van der Waals surface area contributed by atoms with Gasteiger partial charge in [0.05, 0.1) is 23.0 Å². The maximum Gasteiger partial charge on any atom is 0.238 e. The molecular weight excluding hydrogens is 396 g/mol. The SMILES string of the molecule is Cc1ccnc2c(N3C(=O)[C@@H]4C5c6ccccc6C(c6ccccc65)[C@H]4C3=O)cccc12. The topological polar surface area (TPSA) is 50.3 Å². The molecule has 154 valence electrons. The van der Waals surface area contributed by atoms with E-state index in [-0.39, 0.29) is 35.5 Å². The predicted molar refractivity (Wildman–Crippen MR) is 123 cm³/mol. The van der Waals surface area contributed by atoms with E-state index in [1.165, 1.54) is 27.2 Å². The molecule has 0 N–H and O–H groups in total. The number of anilines is 1. The van der Waals surface area contributed by atoms with E-state index in [2.05, 4.69) is 29.2 Å². The third-order valence-corrected chi connectivity index (χ3v) is 7.66. The number of aromatic nitrogens is 1. The Balaban J connectivity index is 1.46. The number of amides is 2. The molecule has 1 aromatic heterocycles. The van der Waals surface area contributed by atoms with Gasteiger partial charge in [-0.25, -0.2) is 4.90 Å². The summed E-state index contributed by atoms with van der Waals surface area (Å²) in [7, 11) is 0. The van der Waals surface area contributed by atoms with Gasteiger partial charge in [-0.1, -0.05) is 60.7 Å². The monoisotopic (exact) mass is 416 g/mol. The maximum atomic E-state index is 14.0. The molecular formula is C28H20N2O2. The summed E-state index contributed by atoms with van der Waals surface area (Å²) < 4.78 is 0. The van der Waals surface area contributed by atoms with Gasteiger partial charge in [-0.3, -0.25) is 14.6 Å². The summed E-state index contributed by atoms with van der Waals surface area (Å²) in [5.41, 5.74) is 7.13. The molecule has 32 heavy (non-hydrogen) atoms. The third kappa shape index (κ3) is 2.05. The van der Waals surface area contributed by atoms with Gasteiger partial charge in [-0.2, -0.15) is 0 Å². The number of hydrogen-bond donors (Lipinski definition) is 0. The van der Waals surface area contributed by atoms with Gasteiger partial charge in [0.2, 0.25) is 11.8 Å². The standard InChI is InChI=1S/C28H20N2O2/c1-15-13-14-29-26-16(15)11-6-12-21(26)30-27(31)24-22-17-7-2-3-8-18(17)23(25(24)28(30)32)20-10-5-4-9-19(20)22/h2-14,22-25H,1H3/t22?,23?,24-,25-/m1/s1. The minimum Gasteiger partial charge on any atom is -0.274 e. The average Bonchev–Trinajstić information content (AvgIpc) is 3.09. The lowest BCUT2D eigenvalue weighted by molar-refractivity contribution is -0.122. The molecule has 8 rings (SSSR count). The van der Waals surface area contributed by atoms with Crippen molar-refractivity contribution in [1.29, 1.82) is 0 Å². The number of hydrogen-bond acceptors (Lipinski definition) is 3. The fourth-order valence-corrected chi connectivity index (χ4v) is 6.39. The van der Waals surface area contributed by atoms with Gasteiger partial charge >= 0.3 is 0 Å². The zero-order valence-electron chi connectivity index (χ0n) is 17.5. The summed E-state index contributed by atoms with van der Waals surface area (Å²) in [5, 5.41) is 0.968. The Bertz CT molecular complexity index is 1360. The molecule has 0 unspecified atom stereocenters. The number of aryl methyl sites for hydroxylation is 1. The Hall–Kier alpha value is -3.79. The molecule has 0 spiro atoms. The summed E-state index contributed by atoms with van der Waals surface area (Å²) in [6.07, 6.45) is 1.74. The predicted octanol–water partition coefficient (Wildman–Crippen LogP) is 4.94. The fourth-order valence-electron chi connectivity index (χ4n) is 6.39. The highest BCUT2D eigenvalue weighted by atomic mass is 16.2. The van der Waals surface area contributed by atoms with Crippen molar-refractivity contribution in [3.8, 4) is 0 Å². The number of para-hydroxylation sites is 1. The smallest absolute Gasteiger partial charge is 0.238 e. The number of imide groups is 1. The van der Waals surface area contributed by atoms with Crippen molar-refractivity contribution in [2.45, 2.75) is 18.8 Å². The molecule has 1 saturated heterocycles. The zero-order valence-corrected chi connectivity index (χ0v) is 17.5. The fraction of sp³-hybridized carbons (Fsp3) is 0.179. The van der Waals surface area contributed by atoms with Crippen LogP contribution in [0.2, 0.25) is 0 Å². The third-order valence-electron chi connectivity index (χ3n) is 7.66. The first-order chi connectivity index (χ1) is 15.7. The van der Waals surface area contributed by atoms with E-state index in [9.17, 15) is 9.59 Å². The van der Waals surface area contributed by atoms with Crippen molar-refractivity contribution in [2.24, 2.45) is 11.8 Å². The van der Waals surface area contributed by atoms with Crippen LogP contribution < -0.4 is 4.90 Å². The summed E-state index contributed by atoms with van der Waals surface area (Å²) in [6.45, 7) is 2.02. The van der Waals surface area contributed by atoms with Crippen molar-refractivity contribution in [1.82, 2.24) is 4.98 Å². The molecule has 4 aromatic rings. The summed E-state index contributed by atoms with van der Waals surface area (Å²) in [6, 6.07) is 24.4. The van der Waals surface area contributed by atoms with E-state index >= 15 is 0 Å². The Kier molecular flexibility index (Phi) is 3.42. The summed E-state index contributed by atoms with van der Waals surface area (Å²) in [4.78, 5) is 33.9. The first-order valence-corrected chi connectivity index (χ1v) is 11.1. The van der Waals surface area contributed by atoms with Crippen LogP contribution in [-0.4, -0.2) is 16.8 Å². The number of benzene rings is 3. The molecule has 3 aliphatic carbocycles. The molecule has 3 aromatic carbocycles. The molecule has 1 aliphatic heterocycles. The summed E-state index contributed by atoms with van der Waals surface area (Å²) >= 11 is 0. The molecule has 4 nitrogen and oxygen atoms in total. The lowest BCUT2D eigenvalue weighted by Crippen LogP contribution is -2.41. The van der Waals surface area contributed by atoms with Crippen LogP contribution in [-0.2, 0) is 9.59 Å². The number of fused-ring (bicyclic) bond motifs is 1. The molecule has 0 saturated carbocycles. The Morgan fingerprint density at radius 3 is 1.75 bits per heavy atom. The van der Waals surface area contributed by atoms with Crippen LogP contribution in [0.5, 0.6) is 0 Å². The van der Waals surface area contributed by atoms with E-state index in [0.717, 1.165) is 10.9 Å². The van der Waals surface area contributed by atoms with Crippen molar-refractivity contribution in [2.75, 3.05) is 4.90 Å². The second kappa shape index (κ2) is 6.13. The molecule has 4 heteroatoms. The van der Waals surface area contributed by atoms with Gasteiger partial charge < -0.3 is 0 Å². The largest absolute Gasteiger partial charge is 0.274 e. The Morgan fingerprint density at radius 2 is 1.22 bits per heavy atom. The van der Waals surface area contributed by atoms with Crippen molar-refractivity contribution in [3.05, 3.63) is 107 Å². The van der Waals surface area contributed by atoms with E-state index in [0.29, 0.717) is 11.2 Å².